The largest absolute Gasteiger partial charge is 0.345 e. The minimum atomic E-state index is 0.264. The van der Waals surface area contributed by atoms with E-state index in [0.717, 1.165) is 19.4 Å². The third-order valence-electron chi connectivity index (χ3n) is 3.43. The Bertz CT molecular complexity index is 213. The summed E-state index contributed by atoms with van der Waals surface area (Å²) < 4.78 is 0. The number of rotatable bonds is 10. The molecule has 0 aromatic carbocycles. The van der Waals surface area contributed by atoms with Crippen molar-refractivity contribution in [2.45, 2.75) is 72.6 Å². The summed E-state index contributed by atoms with van der Waals surface area (Å²) in [5.74, 6) is 1.19. The zero-order valence-corrected chi connectivity index (χ0v) is 13.2. The topological polar surface area (TPSA) is 20.3 Å². The number of hydrogen-bond acceptors (Lipinski definition) is 1. The van der Waals surface area contributed by atoms with Crippen LogP contribution in [0.3, 0.4) is 0 Å². The SMILES string of the molecule is CCCCCC(CCCC)C(=O)N(C)CC(C)C. The average Bonchev–Trinajstić information content (AvgIpc) is 2.32. The molecule has 0 rings (SSSR count). The Morgan fingerprint density at radius 2 is 1.56 bits per heavy atom. The third kappa shape index (κ3) is 7.73. The minimum Gasteiger partial charge on any atom is -0.345 e. The monoisotopic (exact) mass is 255 g/mol. The van der Waals surface area contributed by atoms with E-state index in [0.29, 0.717) is 11.8 Å². The molecule has 0 heterocycles. The summed E-state index contributed by atoms with van der Waals surface area (Å²) >= 11 is 0. The number of unbranched alkanes of at least 4 members (excludes halogenated alkanes) is 3. The molecule has 0 aliphatic heterocycles. The molecule has 0 saturated carbocycles. The lowest BCUT2D eigenvalue weighted by atomic mass is 9.94. The van der Waals surface area contributed by atoms with E-state index in [1.807, 2.05) is 11.9 Å². The summed E-state index contributed by atoms with van der Waals surface area (Å²) in [5.41, 5.74) is 0. The van der Waals surface area contributed by atoms with E-state index >= 15 is 0 Å². The van der Waals surface area contributed by atoms with Crippen molar-refractivity contribution in [3.05, 3.63) is 0 Å². The van der Waals surface area contributed by atoms with Crippen molar-refractivity contribution >= 4 is 5.91 Å². The molecule has 1 unspecified atom stereocenters. The zero-order valence-electron chi connectivity index (χ0n) is 13.2. The number of carbonyl (C=O) groups excluding carboxylic acids is 1. The van der Waals surface area contributed by atoms with Gasteiger partial charge in [-0.2, -0.15) is 0 Å². The van der Waals surface area contributed by atoms with E-state index in [1.54, 1.807) is 0 Å². The minimum absolute atomic E-state index is 0.264. The Morgan fingerprint density at radius 1 is 1.00 bits per heavy atom. The standard InChI is InChI=1S/C16H33NO/c1-6-8-10-12-15(11-9-7-2)16(18)17(5)13-14(3)4/h14-15H,6-13H2,1-5H3. The Labute approximate surface area is 114 Å². The molecule has 18 heavy (non-hydrogen) atoms. The van der Waals surface area contributed by atoms with Gasteiger partial charge in [0.1, 0.15) is 0 Å². The summed E-state index contributed by atoms with van der Waals surface area (Å²) in [6.07, 6.45) is 8.20. The van der Waals surface area contributed by atoms with Crippen LogP contribution < -0.4 is 0 Å². The van der Waals surface area contributed by atoms with Gasteiger partial charge in [-0.25, -0.2) is 0 Å². The maximum atomic E-state index is 12.4. The predicted octanol–water partition coefficient (Wildman–Crippen LogP) is 4.49. The summed E-state index contributed by atoms with van der Waals surface area (Å²) in [6.45, 7) is 9.64. The van der Waals surface area contributed by atoms with Crippen LogP contribution in [0.2, 0.25) is 0 Å². The van der Waals surface area contributed by atoms with Crippen LogP contribution in [0.1, 0.15) is 72.6 Å². The highest BCUT2D eigenvalue weighted by molar-refractivity contribution is 5.78. The van der Waals surface area contributed by atoms with Crippen molar-refractivity contribution in [1.82, 2.24) is 4.90 Å². The molecule has 0 aromatic rings. The van der Waals surface area contributed by atoms with Gasteiger partial charge in [-0.15, -0.1) is 0 Å². The van der Waals surface area contributed by atoms with E-state index in [4.69, 9.17) is 0 Å². The van der Waals surface area contributed by atoms with Gasteiger partial charge in [0.25, 0.3) is 0 Å². The quantitative estimate of drug-likeness (QED) is 0.527. The van der Waals surface area contributed by atoms with Crippen molar-refractivity contribution in [3.63, 3.8) is 0 Å². The van der Waals surface area contributed by atoms with Crippen molar-refractivity contribution < 1.29 is 4.79 Å². The molecular weight excluding hydrogens is 222 g/mol. The number of hydrogen-bond donors (Lipinski definition) is 0. The van der Waals surface area contributed by atoms with Gasteiger partial charge >= 0.3 is 0 Å². The van der Waals surface area contributed by atoms with E-state index in [1.165, 1.54) is 32.1 Å². The van der Waals surface area contributed by atoms with Gasteiger partial charge in [-0.05, 0) is 18.8 Å². The van der Waals surface area contributed by atoms with Crippen LogP contribution in [0.15, 0.2) is 0 Å². The third-order valence-corrected chi connectivity index (χ3v) is 3.43. The van der Waals surface area contributed by atoms with Gasteiger partial charge in [0, 0.05) is 19.5 Å². The lowest BCUT2D eigenvalue weighted by Gasteiger charge is -2.25. The number of amides is 1. The first-order valence-corrected chi connectivity index (χ1v) is 7.77. The molecule has 0 radical (unpaired) electrons. The molecule has 0 spiro atoms. The second-order valence-corrected chi connectivity index (χ2v) is 5.95. The molecule has 0 fully saturated rings. The normalized spacial score (nSPS) is 12.8. The molecule has 0 aliphatic carbocycles. The highest BCUT2D eigenvalue weighted by Gasteiger charge is 2.21. The fourth-order valence-corrected chi connectivity index (χ4v) is 2.43. The first kappa shape index (κ1) is 17.5. The first-order chi connectivity index (χ1) is 8.52. The molecule has 0 aliphatic rings. The molecule has 0 N–H and O–H groups in total. The van der Waals surface area contributed by atoms with E-state index in [2.05, 4.69) is 27.7 Å². The molecule has 0 bridgehead atoms. The molecular formula is C16H33NO. The van der Waals surface area contributed by atoms with Gasteiger partial charge in [0.05, 0.1) is 0 Å². The summed E-state index contributed by atoms with van der Waals surface area (Å²) in [6, 6.07) is 0. The predicted molar refractivity (Wildman–Crippen MR) is 79.6 cm³/mol. The summed E-state index contributed by atoms with van der Waals surface area (Å²) in [7, 11) is 1.96. The first-order valence-electron chi connectivity index (χ1n) is 7.77. The van der Waals surface area contributed by atoms with Gasteiger partial charge < -0.3 is 4.90 Å². The maximum Gasteiger partial charge on any atom is 0.225 e. The van der Waals surface area contributed by atoms with Gasteiger partial charge in [-0.1, -0.05) is 59.8 Å². The highest BCUT2D eigenvalue weighted by atomic mass is 16.2. The Morgan fingerprint density at radius 3 is 2.06 bits per heavy atom. The van der Waals surface area contributed by atoms with Gasteiger partial charge in [0.2, 0.25) is 5.91 Å². The molecule has 2 nitrogen and oxygen atoms in total. The zero-order chi connectivity index (χ0) is 14.0. The lowest BCUT2D eigenvalue weighted by Crippen LogP contribution is -2.35. The van der Waals surface area contributed by atoms with Crippen LogP contribution in [-0.4, -0.2) is 24.4 Å². The van der Waals surface area contributed by atoms with Crippen LogP contribution in [0.4, 0.5) is 0 Å². The molecule has 0 aromatic heterocycles. The fourth-order valence-electron chi connectivity index (χ4n) is 2.43. The molecule has 108 valence electrons. The van der Waals surface area contributed by atoms with Crippen molar-refractivity contribution in [3.8, 4) is 0 Å². The van der Waals surface area contributed by atoms with Crippen LogP contribution >= 0.6 is 0 Å². The van der Waals surface area contributed by atoms with E-state index < -0.39 is 0 Å². The smallest absolute Gasteiger partial charge is 0.225 e. The van der Waals surface area contributed by atoms with Crippen LogP contribution in [0.5, 0.6) is 0 Å². The summed E-state index contributed by atoms with van der Waals surface area (Å²) in [4.78, 5) is 14.3. The van der Waals surface area contributed by atoms with Crippen LogP contribution in [0, 0.1) is 11.8 Å². The van der Waals surface area contributed by atoms with Crippen LogP contribution in [0.25, 0.3) is 0 Å². The lowest BCUT2D eigenvalue weighted by molar-refractivity contribution is -0.135. The Balaban J connectivity index is 4.28. The van der Waals surface area contributed by atoms with Crippen molar-refractivity contribution in [1.29, 1.82) is 0 Å². The molecule has 2 heteroatoms. The highest BCUT2D eigenvalue weighted by Crippen LogP contribution is 2.19. The molecule has 1 amide bonds. The van der Waals surface area contributed by atoms with Gasteiger partial charge in [-0.3, -0.25) is 4.79 Å². The number of nitrogens with zero attached hydrogens (tertiary/aromatic N) is 1. The van der Waals surface area contributed by atoms with Gasteiger partial charge in [0.15, 0.2) is 0 Å². The molecule has 1 atom stereocenters. The average molecular weight is 255 g/mol. The Hall–Kier alpha value is -0.530. The molecule has 0 saturated heterocycles. The van der Waals surface area contributed by atoms with E-state index in [9.17, 15) is 4.79 Å². The number of carbonyl (C=O) groups is 1. The van der Waals surface area contributed by atoms with E-state index in [-0.39, 0.29) is 5.92 Å². The second-order valence-electron chi connectivity index (χ2n) is 5.95. The fraction of sp³-hybridized carbons (Fsp3) is 0.938. The summed E-state index contributed by atoms with van der Waals surface area (Å²) in [5, 5.41) is 0. The van der Waals surface area contributed by atoms with Crippen LogP contribution in [-0.2, 0) is 4.79 Å². The van der Waals surface area contributed by atoms with Crippen molar-refractivity contribution in [2.24, 2.45) is 11.8 Å². The van der Waals surface area contributed by atoms with Crippen molar-refractivity contribution in [2.75, 3.05) is 13.6 Å². The second kappa shape index (κ2) is 10.4. The Kier molecular flexibility index (Phi) is 10.1. The maximum absolute atomic E-state index is 12.4.